The van der Waals surface area contributed by atoms with Crippen LogP contribution >= 0.6 is 11.8 Å². The number of nitrogens with two attached hydrogens (primary N) is 1. The van der Waals surface area contributed by atoms with Gasteiger partial charge in [-0.1, -0.05) is 47.2 Å². The molecule has 6 heteroatoms. The van der Waals surface area contributed by atoms with E-state index in [1.54, 1.807) is 23.9 Å². The van der Waals surface area contributed by atoms with Gasteiger partial charge in [-0.25, -0.2) is 4.39 Å². The van der Waals surface area contributed by atoms with Crippen molar-refractivity contribution < 1.29 is 9.23 Å². The third-order valence-corrected chi connectivity index (χ3v) is 5.24. The van der Waals surface area contributed by atoms with Crippen molar-refractivity contribution in [1.82, 2.24) is 0 Å². The molecule has 1 aliphatic rings. The number of benzene rings is 2. The quantitative estimate of drug-likeness (QED) is 0.625. The van der Waals surface area contributed by atoms with E-state index in [1.165, 1.54) is 12.1 Å². The van der Waals surface area contributed by atoms with Crippen molar-refractivity contribution in [3.63, 3.8) is 0 Å². The van der Waals surface area contributed by atoms with Crippen molar-refractivity contribution in [1.29, 1.82) is 0 Å². The smallest absolute Gasteiger partial charge is 0.154 e. The number of halogens is 1. The van der Waals surface area contributed by atoms with E-state index in [0.717, 1.165) is 34.6 Å². The summed E-state index contributed by atoms with van der Waals surface area (Å²) in [5.74, 6) is 0.701. The van der Waals surface area contributed by atoms with E-state index < -0.39 is 0 Å². The first-order chi connectivity index (χ1) is 12.5. The predicted octanol–water partition coefficient (Wildman–Crippen LogP) is 4.43. The summed E-state index contributed by atoms with van der Waals surface area (Å²) in [5.41, 5.74) is 9.36. The minimum Gasteiger partial charge on any atom is -0.391 e. The summed E-state index contributed by atoms with van der Waals surface area (Å²) < 4.78 is 12.9. The Bertz CT molecular complexity index is 835. The zero-order valence-electron chi connectivity index (χ0n) is 14.9. The van der Waals surface area contributed by atoms with Gasteiger partial charge >= 0.3 is 0 Å². The summed E-state index contributed by atoms with van der Waals surface area (Å²) in [6.07, 6.45) is 0.944. The molecule has 3 rings (SSSR count). The molecule has 0 radical (unpaired) electrons. The SMILES string of the molecule is CC(=NOCc1ccc(F)cc1)c1cccc(C2(C)CCSC(N)=N2)c1. The van der Waals surface area contributed by atoms with Crippen LogP contribution in [0.3, 0.4) is 0 Å². The highest BCUT2D eigenvalue weighted by Gasteiger charge is 2.29. The van der Waals surface area contributed by atoms with Crippen LogP contribution in [0.15, 0.2) is 58.7 Å². The van der Waals surface area contributed by atoms with Crippen LogP contribution in [-0.2, 0) is 17.0 Å². The number of oxime groups is 1. The Kier molecular flexibility index (Phi) is 5.61. The van der Waals surface area contributed by atoms with Crippen molar-refractivity contribution in [2.45, 2.75) is 32.4 Å². The molecule has 0 spiro atoms. The zero-order valence-corrected chi connectivity index (χ0v) is 15.7. The second-order valence-electron chi connectivity index (χ2n) is 6.48. The number of rotatable bonds is 5. The molecule has 0 amide bonds. The minimum atomic E-state index is -0.305. The Morgan fingerprint density at radius 3 is 2.81 bits per heavy atom. The Hall–Kier alpha value is -2.34. The summed E-state index contributed by atoms with van der Waals surface area (Å²) in [7, 11) is 0. The lowest BCUT2D eigenvalue weighted by atomic mass is 9.88. The highest BCUT2D eigenvalue weighted by Crippen LogP contribution is 2.35. The number of aliphatic imine (C=N–C) groups is 1. The molecule has 0 saturated heterocycles. The van der Waals surface area contributed by atoms with Crippen LogP contribution in [0, 0.1) is 5.82 Å². The second-order valence-corrected chi connectivity index (χ2v) is 7.59. The number of hydrogen-bond donors (Lipinski definition) is 1. The van der Waals surface area contributed by atoms with Crippen LogP contribution < -0.4 is 5.73 Å². The van der Waals surface area contributed by atoms with Crippen LogP contribution in [0.25, 0.3) is 0 Å². The van der Waals surface area contributed by atoms with Crippen molar-refractivity contribution in [2.75, 3.05) is 5.75 Å². The van der Waals surface area contributed by atoms with Gasteiger partial charge in [0.05, 0.1) is 11.3 Å². The number of amidine groups is 1. The molecule has 0 aliphatic carbocycles. The van der Waals surface area contributed by atoms with Gasteiger partial charge in [-0.2, -0.15) is 0 Å². The van der Waals surface area contributed by atoms with Gasteiger partial charge in [0.2, 0.25) is 0 Å². The third kappa shape index (κ3) is 4.43. The molecule has 2 aromatic rings. The predicted molar refractivity (Wildman–Crippen MR) is 106 cm³/mol. The fraction of sp³-hybridized carbons (Fsp3) is 0.300. The first-order valence-corrected chi connectivity index (χ1v) is 9.45. The lowest BCUT2D eigenvalue weighted by Crippen LogP contribution is -2.28. The Morgan fingerprint density at radius 1 is 1.31 bits per heavy atom. The van der Waals surface area contributed by atoms with E-state index in [-0.39, 0.29) is 11.4 Å². The Labute approximate surface area is 157 Å². The van der Waals surface area contributed by atoms with Crippen LogP contribution in [-0.4, -0.2) is 16.6 Å². The number of hydrogen-bond acceptors (Lipinski definition) is 5. The van der Waals surface area contributed by atoms with Gasteiger partial charge in [-0.15, -0.1) is 0 Å². The summed E-state index contributed by atoms with van der Waals surface area (Å²) in [6.45, 7) is 4.31. The molecule has 136 valence electrons. The van der Waals surface area contributed by atoms with Gasteiger partial charge in [0.15, 0.2) is 5.17 Å². The molecular formula is C20H22FN3OS. The maximum Gasteiger partial charge on any atom is 0.154 e. The highest BCUT2D eigenvalue weighted by atomic mass is 32.2. The Balaban J connectivity index is 1.72. The standard InChI is InChI=1S/C20H22FN3OS/c1-14(24-25-13-15-6-8-18(21)9-7-15)16-4-3-5-17(12-16)20(2)10-11-26-19(22)23-20/h3-9,12H,10-11,13H2,1-2H3,(H2,22,23). The largest absolute Gasteiger partial charge is 0.391 e. The molecule has 1 aliphatic heterocycles. The van der Waals surface area contributed by atoms with E-state index in [1.807, 2.05) is 19.1 Å². The first-order valence-electron chi connectivity index (χ1n) is 8.46. The molecule has 0 aromatic heterocycles. The fourth-order valence-corrected chi connectivity index (χ4v) is 3.79. The van der Waals surface area contributed by atoms with Crippen molar-refractivity contribution in [3.8, 4) is 0 Å². The lowest BCUT2D eigenvalue weighted by Gasteiger charge is -2.30. The monoisotopic (exact) mass is 371 g/mol. The zero-order chi connectivity index (χ0) is 18.6. The molecule has 0 bridgehead atoms. The summed E-state index contributed by atoms with van der Waals surface area (Å²) >= 11 is 1.60. The molecule has 0 fully saturated rings. The van der Waals surface area contributed by atoms with Gasteiger partial charge in [-0.3, -0.25) is 4.99 Å². The first kappa shape index (κ1) is 18.5. The maximum absolute atomic E-state index is 12.9. The van der Waals surface area contributed by atoms with Crippen LogP contribution in [0.4, 0.5) is 4.39 Å². The van der Waals surface area contributed by atoms with Crippen LogP contribution in [0.2, 0.25) is 0 Å². The lowest BCUT2D eigenvalue weighted by molar-refractivity contribution is 0.130. The molecule has 1 heterocycles. The van der Waals surface area contributed by atoms with E-state index in [0.29, 0.717) is 11.8 Å². The Morgan fingerprint density at radius 2 is 2.08 bits per heavy atom. The van der Waals surface area contributed by atoms with E-state index in [4.69, 9.17) is 10.6 Å². The maximum atomic E-state index is 12.9. The van der Waals surface area contributed by atoms with E-state index in [2.05, 4.69) is 29.2 Å². The van der Waals surface area contributed by atoms with Crippen LogP contribution in [0.1, 0.15) is 37.0 Å². The normalized spacial score (nSPS) is 20.6. The highest BCUT2D eigenvalue weighted by molar-refractivity contribution is 8.13. The molecule has 0 saturated carbocycles. The number of nitrogens with zero attached hydrogens (tertiary/aromatic N) is 2. The van der Waals surface area contributed by atoms with Crippen molar-refractivity contribution in [3.05, 3.63) is 71.0 Å². The molecule has 2 aromatic carbocycles. The molecule has 2 N–H and O–H groups in total. The van der Waals surface area contributed by atoms with Gasteiger partial charge in [0, 0.05) is 5.75 Å². The fourth-order valence-electron chi connectivity index (χ4n) is 2.81. The van der Waals surface area contributed by atoms with E-state index in [9.17, 15) is 4.39 Å². The minimum absolute atomic E-state index is 0.261. The van der Waals surface area contributed by atoms with Crippen molar-refractivity contribution >= 4 is 22.6 Å². The molecule has 1 atom stereocenters. The number of thioether (sulfide) groups is 1. The molecule has 1 unspecified atom stereocenters. The molecule has 26 heavy (non-hydrogen) atoms. The average molecular weight is 371 g/mol. The topological polar surface area (TPSA) is 60.0 Å². The van der Waals surface area contributed by atoms with Gasteiger partial charge in [-0.05, 0) is 55.2 Å². The van der Waals surface area contributed by atoms with E-state index >= 15 is 0 Å². The summed E-state index contributed by atoms with van der Waals surface area (Å²) in [5, 5.41) is 4.83. The average Bonchev–Trinajstić information content (AvgIpc) is 2.63. The van der Waals surface area contributed by atoms with Gasteiger partial charge in [0.1, 0.15) is 12.4 Å². The summed E-state index contributed by atoms with van der Waals surface area (Å²) in [6, 6.07) is 14.4. The van der Waals surface area contributed by atoms with Crippen molar-refractivity contribution in [2.24, 2.45) is 15.9 Å². The second kappa shape index (κ2) is 7.91. The van der Waals surface area contributed by atoms with Crippen LogP contribution in [0.5, 0.6) is 0 Å². The van der Waals surface area contributed by atoms with Gasteiger partial charge in [0.25, 0.3) is 0 Å². The third-order valence-electron chi connectivity index (χ3n) is 4.44. The van der Waals surface area contributed by atoms with Gasteiger partial charge < -0.3 is 10.6 Å². The molecule has 4 nitrogen and oxygen atoms in total. The molecular weight excluding hydrogens is 349 g/mol. The summed E-state index contributed by atoms with van der Waals surface area (Å²) in [4.78, 5) is 10.1.